The molecule has 0 amide bonds. The predicted molar refractivity (Wildman–Crippen MR) is 69.4 cm³/mol. The van der Waals surface area contributed by atoms with Crippen LogP contribution in [0.4, 0.5) is 0 Å². The minimum atomic E-state index is -3.34. The van der Waals surface area contributed by atoms with E-state index < -0.39 is 9.84 Å². The molecule has 0 radical (unpaired) electrons. The lowest BCUT2D eigenvalue weighted by atomic mass is 10.1. The number of fused-ring (bicyclic) bond motifs is 1. The maximum Gasteiger partial charge on any atom is 0.177 e. The van der Waals surface area contributed by atoms with Crippen LogP contribution in [0.2, 0.25) is 5.02 Å². The van der Waals surface area contributed by atoms with E-state index in [2.05, 4.69) is 4.98 Å². The first-order valence-corrected chi connectivity index (χ1v) is 7.56. The molecule has 1 heterocycles. The smallest absolute Gasteiger partial charge is 0.177 e. The summed E-state index contributed by atoms with van der Waals surface area (Å²) in [4.78, 5) is 4.25. The highest BCUT2D eigenvalue weighted by Crippen LogP contribution is 2.26. The molecule has 0 saturated heterocycles. The molecule has 0 fully saturated rings. The standard InChI is InChI=1S/C11H9Cl2NO2S/c1-17(15,16)10-3-7(5-12)2-8-4-9(13)6-14-11(8)10/h2-4,6H,5H2,1H3. The number of pyridine rings is 1. The third-order valence-electron chi connectivity index (χ3n) is 2.33. The minimum Gasteiger partial charge on any atom is -0.253 e. The van der Waals surface area contributed by atoms with Crippen LogP contribution >= 0.6 is 23.2 Å². The van der Waals surface area contributed by atoms with Crippen molar-refractivity contribution in [2.24, 2.45) is 0 Å². The minimum absolute atomic E-state index is 0.183. The second-order valence-corrected chi connectivity index (χ2v) is 6.41. The largest absolute Gasteiger partial charge is 0.253 e. The summed E-state index contributed by atoms with van der Waals surface area (Å²) in [7, 11) is -3.34. The van der Waals surface area contributed by atoms with Gasteiger partial charge in [0.15, 0.2) is 9.84 Å². The van der Waals surface area contributed by atoms with Crippen molar-refractivity contribution in [3.05, 3.63) is 35.0 Å². The zero-order chi connectivity index (χ0) is 12.6. The van der Waals surface area contributed by atoms with Crippen molar-refractivity contribution >= 4 is 43.9 Å². The van der Waals surface area contributed by atoms with E-state index in [1.165, 1.54) is 6.20 Å². The van der Waals surface area contributed by atoms with Crippen LogP contribution in [-0.4, -0.2) is 19.7 Å². The van der Waals surface area contributed by atoms with E-state index in [4.69, 9.17) is 23.2 Å². The Morgan fingerprint density at radius 3 is 2.59 bits per heavy atom. The topological polar surface area (TPSA) is 47.0 Å². The Bertz CT molecular complexity index is 683. The van der Waals surface area contributed by atoms with Crippen molar-refractivity contribution in [2.45, 2.75) is 10.8 Å². The lowest BCUT2D eigenvalue weighted by molar-refractivity contribution is 0.602. The number of hydrogen-bond donors (Lipinski definition) is 0. The fourth-order valence-electron chi connectivity index (χ4n) is 1.61. The molecular weight excluding hydrogens is 281 g/mol. The Labute approximate surface area is 109 Å². The molecule has 17 heavy (non-hydrogen) atoms. The van der Waals surface area contributed by atoms with Gasteiger partial charge >= 0.3 is 0 Å². The first-order valence-electron chi connectivity index (χ1n) is 4.76. The van der Waals surface area contributed by atoms with Gasteiger partial charge in [-0.1, -0.05) is 11.6 Å². The Morgan fingerprint density at radius 1 is 1.29 bits per heavy atom. The quantitative estimate of drug-likeness (QED) is 0.799. The van der Waals surface area contributed by atoms with E-state index in [0.29, 0.717) is 15.9 Å². The van der Waals surface area contributed by atoms with Crippen molar-refractivity contribution < 1.29 is 8.42 Å². The average Bonchev–Trinajstić information content (AvgIpc) is 2.25. The number of alkyl halides is 1. The third-order valence-corrected chi connectivity index (χ3v) is 3.95. The summed E-state index contributed by atoms with van der Waals surface area (Å²) < 4.78 is 23.4. The van der Waals surface area contributed by atoms with E-state index in [-0.39, 0.29) is 10.8 Å². The number of aromatic nitrogens is 1. The molecule has 2 rings (SSSR count). The number of nitrogens with zero attached hydrogens (tertiary/aromatic N) is 1. The van der Waals surface area contributed by atoms with E-state index in [0.717, 1.165) is 11.8 Å². The normalized spacial score (nSPS) is 11.9. The van der Waals surface area contributed by atoms with Gasteiger partial charge in [-0.3, -0.25) is 4.98 Å². The van der Waals surface area contributed by atoms with Gasteiger partial charge < -0.3 is 0 Å². The summed E-state index contributed by atoms with van der Waals surface area (Å²) >= 11 is 11.6. The Hall–Kier alpha value is -0.840. The van der Waals surface area contributed by atoms with Gasteiger partial charge in [-0.15, -0.1) is 11.6 Å². The number of benzene rings is 1. The van der Waals surface area contributed by atoms with Gasteiger partial charge in [0.1, 0.15) is 0 Å². The molecule has 90 valence electrons. The molecule has 0 saturated carbocycles. The molecule has 1 aromatic heterocycles. The van der Waals surface area contributed by atoms with Crippen molar-refractivity contribution in [1.29, 1.82) is 0 Å². The lowest BCUT2D eigenvalue weighted by Gasteiger charge is -2.06. The highest BCUT2D eigenvalue weighted by molar-refractivity contribution is 7.91. The zero-order valence-electron chi connectivity index (χ0n) is 8.94. The van der Waals surface area contributed by atoms with Gasteiger partial charge in [0.05, 0.1) is 15.4 Å². The van der Waals surface area contributed by atoms with Crippen LogP contribution in [0.15, 0.2) is 29.3 Å². The monoisotopic (exact) mass is 289 g/mol. The summed E-state index contributed by atoms with van der Waals surface area (Å²) in [6.07, 6.45) is 2.58. The Morgan fingerprint density at radius 2 is 2.00 bits per heavy atom. The number of rotatable bonds is 2. The first-order chi connectivity index (χ1) is 7.91. The number of halogens is 2. The molecule has 1 aromatic carbocycles. The van der Waals surface area contributed by atoms with Crippen molar-refractivity contribution in [1.82, 2.24) is 4.98 Å². The Kier molecular flexibility index (Phi) is 3.30. The first kappa shape index (κ1) is 12.6. The third kappa shape index (κ3) is 2.54. The highest BCUT2D eigenvalue weighted by Gasteiger charge is 2.14. The molecule has 2 aromatic rings. The zero-order valence-corrected chi connectivity index (χ0v) is 11.3. The highest BCUT2D eigenvalue weighted by atomic mass is 35.5. The molecule has 0 aliphatic heterocycles. The van der Waals surface area contributed by atoms with Crippen molar-refractivity contribution in [3.8, 4) is 0 Å². The molecule has 6 heteroatoms. The van der Waals surface area contributed by atoms with Gasteiger partial charge in [-0.2, -0.15) is 0 Å². The fraction of sp³-hybridized carbons (Fsp3) is 0.182. The molecule has 0 bridgehead atoms. The van der Waals surface area contributed by atoms with Crippen LogP contribution in [0.1, 0.15) is 5.56 Å². The second kappa shape index (κ2) is 4.44. The summed E-state index contributed by atoms with van der Waals surface area (Å²) in [6, 6.07) is 5.01. The SMILES string of the molecule is CS(=O)(=O)c1cc(CCl)cc2cc(Cl)cnc12. The van der Waals surface area contributed by atoms with Crippen LogP contribution < -0.4 is 0 Å². The van der Waals surface area contributed by atoms with Gasteiger partial charge in [0, 0.05) is 23.7 Å². The summed E-state index contributed by atoms with van der Waals surface area (Å²) in [5, 5.41) is 1.14. The molecule has 0 spiro atoms. The van der Waals surface area contributed by atoms with Crippen molar-refractivity contribution in [3.63, 3.8) is 0 Å². The van der Waals surface area contributed by atoms with Crippen LogP contribution in [0.3, 0.4) is 0 Å². The van der Waals surface area contributed by atoms with Gasteiger partial charge in [-0.05, 0) is 23.8 Å². The van der Waals surface area contributed by atoms with E-state index in [9.17, 15) is 8.42 Å². The summed E-state index contributed by atoms with van der Waals surface area (Å²) in [6.45, 7) is 0. The average molecular weight is 290 g/mol. The maximum atomic E-state index is 11.7. The van der Waals surface area contributed by atoms with Gasteiger partial charge in [0.2, 0.25) is 0 Å². The molecule has 0 aliphatic rings. The number of sulfone groups is 1. The summed E-state index contributed by atoms with van der Waals surface area (Å²) in [5.41, 5.74) is 1.15. The molecule has 0 N–H and O–H groups in total. The van der Waals surface area contributed by atoms with Crippen molar-refractivity contribution in [2.75, 3.05) is 6.26 Å². The maximum absolute atomic E-state index is 11.7. The fourth-order valence-corrected chi connectivity index (χ4v) is 2.82. The van der Waals surface area contributed by atoms with E-state index >= 15 is 0 Å². The van der Waals surface area contributed by atoms with Gasteiger partial charge in [-0.25, -0.2) is 8.42 Å². The predicted octanol–water partition coefficient (Wildman–Crippen LogP) is 3.03. The lowest BCUT2D eigenvalue weighted by Crippen LogP contribution is -2.00. The van der Waals surface area contributed by atoms with E-state index in [1.54, 1.807) is 18.2 Å². The van der Waals surface area contributed by atoms with Crippen LogP contribution in [0.25, 0.3) is 10.9 Å². The molecule has 0 unspecified atom stereocenters. The van der Waals surface area contributed by atoms with Gasteiger partial charge in [0.25, 0.3) is 0 Å². The van der Waals surface area contributed by atoms with Crippen LogP contribution in [-0.2, 0) is 15.7 Å². The number of hydrogen-bond acceptors (Lipinski definition) is 3. The summed E-state index contributed by atoms with van der Waals surface area (Å²) in [5.74, 6) is 0.241. The Balaban J connectivity index is 2.90. The van der Waals surface area contributed by atoms with E-state index in [1.807, 2.05) is 0 Å². The van der Waals surface area contributed by atoms with Crippen LogP contribution in [0, 0.1) is 0 Å². The molecule has 3 nitrogen and oxygen atoms in total. The second-order valence-electron chi connectivity index (χ2n) is 3.73. The van der Waals surface area contributed by atoms with Crippen LogP contribution in [0.5, 0.6) is 0 Å². The molecule has 0 aliphatic carbocycles. The molecule has 0 atom stereocenters. The molecular formula is C11H9Cl2NO2S.